The van der Waals surface area contributed by atoms with Crippen molar-refractivity contribution in [2.24, 2.45) is 5.41 Å². The van der Waals surface area contributed by atoms with Crippen molar-refractivity contribution in [2.75, 3.05) is 12.4 Å². The Balaban J connectivity index is 2.47. The Bertz CT molecular complexity index is 423. The summed E-state index contributed by atoms with van der Waals surface area (Å²) >= 11 is 1.53. The van der Waals surface area contributed by atoms with Crippen LogP contribution in [-0.4, -0.2) is 29.4 Å². The minimum atomic E-state index is -0.0487. The summed E-state index contributed by atoms with van der Waals surface area (Å²) in [6, 6.07) is 8.15. The summed E-state index contributed by atoms with van der Waals surface area (Å²) in [5.74, 6) is 0.421. The topological polar surface area (TPSA) is 49.3 Å². The molecular weight excluding hydrogens is 270 g/mol. The summed E-state index contributed by atoms with van der Waals surface area (Å²) in [5.41, 5.74) is 1.17. The number of rotatable bonds is 6. The van der Waals surface area contributed by atoms with Crippen LogP contribution in [0.15, 0.2) is 29.2 Å². The second kappa shape index (κ2) is 7.70. The van der Waals surface area contributed by atoms with E-state index in [0.717, 1.165) is 4.90 Å². The minimum Gasteiger partial charge on any atom is -0.396 e. The summed E-state index contributed by atoms with van der Waals surface area (Å²) in [5, 5.41) is 12.1. The number of carbonyl (C=O) groups excluding carboxylic acids is 1. The van der Waals surface area contributed by atoms with Gasteiger partial charge in [-0.2, -0.15) is 0 Å². The number of nitrogens with one attached hydrogen (secondary N) is 1. The highest BCUT2D eigenvalue weighted by Gasteiger charge is 2.25. The van der Waals surface area contributed by atoms with Gasteiger partial charge in [-0.05, 0) is 30.9 Å². The molecule has 20 heavy (non-hydrogen) atoms. The first-order valence-electron chi connectivity index (χ1n) is 6.92. The van der Waals surface area contributed by atoms with E-state index in [1.807, 2.05) is 31.2 Å². The molecule has 0 bridgehead atoms. The molecule has 1 aromatic rings. The molecule has 112 valence electrons. The molecule has 3 nitrogen and oxygen atoms in total. The average molecular weight is 295 g/mol. The lowest BCUT2D eigenvalue weighted by molar-refractivity contribution is -0.120. The zero-order valence-electron chi connectivity index (χ0n) is 12.8. The van der Waals surface area contributed by atoms with Gasteiger partial charge in [0.1, 0.15) is 0 Å². The van der Waals surface area contributed by atoms with Crippen molar-refractivity contribution in [1.82, 2.24) is 5.32 Å². The predicted octanol–water partition coefficient (Wildman–Crippen LogP) is 3.00. The zero-order valence-corrected chi connectivity index (χ0v) is 13.6. The standard InChI is InChI=1S/C16H25NO2S/c1-12-5-7-13(8-6-12)20-11-15(19)17-14(9-10-18)16(2,3)4/h5-8,14,18H,9-11H2,1-4H3,(H,17,19). The highest BCUT2D eigenvalue weighted by Crippen LogP contribution is 2.22. The fourth-order valence-corrected chi connectivity index (χ4v) is 2.58. The SMILES string of the molecule is Cc1ccc(SCC(=O)NC(CCO)C(C)(C)C)cc1. The van der Waals surface area contributed by atoms with Crippen LogP contribution in [0.4, 0.5) is 0 Å². The number of aliphatic hydroxyl groups is 1. The summed E-state index contributed by atoms with van der Waals surface area (Å²) in [7, 11) is 0. The van der Waals surface area contributed by atoms with E-state index in [1.54, 1.807) is 0 Å². The fraction of sp³-hybridized carbons (Fsp3) is 0.562. The number of thioether (sulfide) groups is 1. The van der Waals surface area contributed by atoms with Crippen molar-refractivity contribution in [3.63, 3.8) is 0 Å². The third-order valence-electron chi connectivity index (χ3n) is 3.19. The predicted molar refractivity (Wildman–Crippen MR) is 85.0 cm³/mol. The van der Waals surface area contributed by atoms with Gasteiger partial charge in [0.05, 0.1) is 5.75 Å². The molecule has 0 heterocycles. The summed E-state index contributed by atoms with van der Waals surface area (Å²) in [6.45, 7) is 8.35. The first kappa shape index (κ1) is 17.1. The van der Waals surface area contributed by atoms with Gasteiger partial charge in [0.15, 0.2) is 0 Å². The van der Waals surface area contributed by atoms with Gasteiger partial charge in [-0.25, -0.2) is 0 Å². The lowest BCUT2D eigenvalue weighted by Gasteiger charge is -2.31. The van der Waals surface area contributed by atoms with Gasteiger partial charge in [0.2, 0.25) is 5.91 Å². The largest absolute Gasteiger partial charge is 0.396 e. The van der Waals surface area contributed by atoms with E-state index < -0.39 is 0 Å². The highest BCUT2D eigenvalue weighted by atomic mass is 32.2. The van der Waals surface area contributed by atoms with Gasteiger partial charge in [0, 0.05) is 17.5 Å². The van der Waals surface area contributed by atoms with Gasteiger partial charge in [-0.15, -0.1) is 11.8 Å². The van der Waals surface area contributed by atoms with Crippen LogP contribution in [-0.2, 0) is 4.79 Å². The zero-order chi connectivity index (χ0) is 15.2. The van der Waals surface area contributed by atoms with Gasteiger partial charge < -0.3 is 10.4 Å². The van der Waals surface area contributed by atoms with Crippen LogP contribution in [0.1, 0.15) is 32.8 Å². The third kappa shape index (κ3) is 5.97. The number of amides is 1. The minimum absolute atomic E-state index is 0.00128. The monoisotopic (exact) mass is 295 g/mol. The highest BCUT2D eigenvalue weighted by molar-refractivity contribution is 8.00. The maximum absolute atomic E-state index is 12.0. The number of hydrogen-bond acceptors (Lipinski definition) is 3. The Morgan fingerprint density at radius 3 is 2.40 bits per heavy atom. The van der Waals surface area contributed by atoms with Crippen molar-refractivity contribution in [2.45, 2.75) is 45.1 Å². The van der Waals surface area contributed by atoms with Crippen molar-refractivity contribution in [3.05, 3.63) is 29.8 Å². The van der Waals surface area contributed by atoms with Crippen LogP contribution >= 0.6 is 11.8 Å². The van der Waals surface area contributed by atoms with Gasteiger partial charge in [-0.1, -0.05) is 38.5 Å². The number of aliphatic hydroxyl groups excluding tert-OH is 1. The number of aryl methyl sites for hydroxylation is 1. The molecule has 0 aliphatic carbocycles. The Hall–Kier alpha value is -1.00. The van der Waals surface area contributed by atoms with E-state index in [0.29, 0.717) is 12.2 Å². The molecule has 0 saturated carbocycles. The molecule has 1 aromatic carbocycles. The van der Waals surface area contributed by atoms with Crippen molar-refractivity contribution >= 4 is 17.7 Å². The van der Waals surface area contributed by atoms with E-state index in [-0.39, 0.29) is 24.0 Å². The van der Waals surface area contributed by atoms with Gasteiger partial charge in [0.25, 0.3) is 0 Å². The molecule has 0 radical (unpaired) electrons. The Morgan fingerprint density at radius 2 is 1.90 bits per heavy atom. The first-order chi connectivity index (χ1) is 9.32. The fourth-order valence-electron chi connectivity index (χ4n) is 1.87. The molecule has 0 aliphatic heterocycles. The maximum atomic E-state index is 12.0. The molecule has 0 saturated heterocycles. The summed E-state index contributed by atoms with van der Waals surface area (Å²) in [4.78, 5) is 13.1. The lowest BCUT2D eigenvalue weighted by Crippen LogP contribution is -2.45. The summed E-state index contributed by atoms with van der Waals surface area (Å²) < 4.78 is 0. The van der Waals surface area contributed by atoms with Crippen molar-refractivity contribution < 1.29 is 9.90 Å². The van der Waals surface area contributed by atoms with Gasteiger partial charge in [-0.3, -0.25) is 4.79 Å². The van der Waals surface area contributed by atoms with Crippen LogP contribution < -0.4 is 5.32 Å². The van der Waals surface area contributed by atoms with Crippen molar-refractivity contribution in [3.8, 4) is 0 Å². The molecule has 0 fully saturated rings. The van der Waals surface area contributed by atoms with E-state index in [1.165, 1.54) is 17.3 Å². The molecule has 0 spiro atoms. The summed E-state index contributed by atoms with van der Waals surface area (Å²) in [6.07, 6.45) is 0.588. The van der Waals surface area contributed by atoms with E-state index in [2.05, 4.69) is 26.1 Å². The van der Waals surface area contributed by atoms with Gasteiger partial charge >= 0.3 is 0 Å². The second-order valence-electron chi connectivity index (χ2n) is 6.10. The van der Waals surface area contributed by atoms with E-state index in [4.69, 9.17) is 5.11 Å². The van der Waals surface area contributed by atoms with Crippen LogP contribution in [0.5, 0.6) is 0 Å². The number of carbonyl (C=O) groups is 1. The van der Waals surface area contributed by atoms with Crippen LogP contribution in [0.2, 0.25) is 0 Å². The molecule has 1 amide bonds. The third-order valence-corrected chi connectivity index (χ3v) is 4.20. The molecule has 1 unspecified atom stereocenters. The van der Waals surface area contributed by atoms with E-state index in [9.17, 15) is 4.79 Å². The lowest BCUT2D eigenvalue weighted by atomic mass is 9.85. The van der Waals surface area contributed by atoms with Crippen LogP contribution in [0.3, 0.4) is 0 Å². The normalized spacial score (nSPS) is 13.1. The van der Waals surface area contributed by atoms with Crippen LogP contribution in [0.25, 0.3) is 0 Å². The Kier molecular flexibility index (Phi) is 6.56. The molecule has 0 aliphatic rings. The molecule has 1 atom stereocenters. The molecular formula is C16H25NO2S. The smallest absolute Gasteiger partial charge is 0.230 e. The van der Waals surface area contributed by atoms with Crippen LogP contribution in [0, 0.1) is 12.3 Å². The molecule has 1 rings (SSSR count). The van der Waals surface area contributed by atoms with Crippen molar-refractivity contribution in [1.29, 1.82) is 0 Å². The Morgan fingerprint density at radius 1 is 1.30 bits per heavy atom. The first-order valence-corrected chi connectivity index (χ1v) is 7.91. The average Bonchev–Trinajstić information content (AvgIpc) is 2.36. The number of hydrogen-bond donors (Lipinski definition) is 2. The quantitative estimate of drug-likeness (QED) is 0.793. The maximum Gasteiger partial charge on any atom is 0.230 e. The molecule has 2 N–H and O–H groups in total. The van der Waals surface area contributed by atoms with E-state index >= 15 is 0 Å². The number of benzene rings is 1. The molecule has 4 heteroatoms. The molecule has 0 aromatic heterocycles. The Labute approximate surface area is 126 Å². The second-order valence-corrected chi connectivity index (χ2v) is 7.15.